The van der Waals surface area contributed by atoms with E-state index in [1.807, 2.05) is 43.9 Å². The Labute approximate surface area is 179 Å². The first-order chi connectivity index (χ1) is 13.9. The highest BCUT2D eigenvalue weighted by Gasteiger charge is 2.29. The highest BCUT2D eigenvalue weighted by atomic mass is 35.5. The second kappa shape index (κ2) is 9.63. The van der Waals surface area contributed by atoms with E-state index in [1.165, 1.54) is 11.8 Å². The summed E-state index contributed by atoms with van der Waals surface area (Å²) >= 11 is 7.40. The van der Waals surface area contributed by atoms with Crippen molar-refractivity contribution in [2.75, 3.05) is 12.4 Å². The number of rotatable bonds is 6. The van der Waals surface area contributed by atoms with Gasteiger partial charge in [0.2, 0.25) is 0 Å². The monoisotopic (exact) mass is 436 g/mol. The normalized spacial score (nSPS) is 19.2. The molecule has 2 aromatic rings. The van der Waals surface area contributed by atoms with Crippen molar-refractivity contribution in [3.8, 4) is 5.69 Å². The third-order valence-corrected chi connectivity index (χ3v) is 6.43. The molecule has 0 radical (unpaired) electrons. The smallest absolute Gasteiger partial charge is 0.316 e. The first-order valence-corrected chi connectivity index (χ1v) is 11.0. The van der Waals surface area contributed by atoms with Crippen LogP contribution in [0.3, 0.4) is 0 Å². The minimum absolute atomic E-state index is 0.0384. The number of halogens is 1. The van der Waals surface area contributed by atoms with Crippen molar-refractivity contribution in [3.63, 3.8) is 0 Å². The molecule has 1 aromatic heterocycles. The molecule has 2 unspecified atom stereocenters. The minimum atomic E-state index is -0.461. The van der Waals surface area contributed by atoms with Gasteiger partial charge in [-0.3, -0.25) is 14.2 Å². The molecule has 1 amide bonds. The lowest BCUT2D eigenvalue weighted by molar-refractivity contribution is -0.153. The number of hydrogen-bond donors (Lipinski definition) is 0. The zero-order valence-corrected chi connectivity index (χ0v) is 18.4. The lowest BCUT2D eigenvalue weighted by atomic mass is 9.97. The Balaban J connectivity index is 1.53. The fourth-order valence-electron chi connectivity index (χ4n) is 3.53. The molecule has 0 saturated carbocycles. The molecule has 0 bridgehead atoms. The Morgan fingerprint density at radius 2 is 2.00 bits per heavy atom. The third-order valence-electron chi connectivity index (χ3n) is 5.11. The van der Waals surface area contributed by atoms with Gasteiger partial charge in [-0.1, -0.05) is 29.4 Å². The Bertz CT molecular complexity index is 878. The van der Waals surface area contributed by atoms with E-state index >= 15 is 0 Å². The van der Waals surface area contributed by atoms with E-state index in [2.05, 4.69) is 10.2 Å². The van der Waals surface area contributed by atoms with E-state index in [9.17, 15) is 9.59 Å². The number of amides is 1. The van der Waals surface area contributed by atoms with Crippen LogP contribution < -0.4 is 0 Å². The summed E-state index contributed by atoms with van der Waals surface area (Å²) in [6.45, 7) is 5.77. The molecule has 1 aliphatic heterocycles. The molecule has 1 aliphatic rings. The fraction of sp³-hybridized carbons (Fsp3) is 0.500. The van der Waals surface area contributed by atoms with Gasteiger partial charge in [0.1, 0.15) is 6.33 Å². The van der Waals surface area contributed by atoms with Gasteiger partial charge in [0.15, 0.2) is 11.8 Å². The van der Waals surface area contributed by atoms with Gasteiger partial charge in [0, 0.05) is 17.1 Å². The van der Waals surface area contributed by atoms with E-state index in [-0.39, 0.29) is 30.4 Å². The molecule has 0 spiro atoms. The second-order valence-corrected chi connectivity index (χ2v) is 8.65. The number of hydrogen-bond acceptors (Lipinski definition) is 6. The topological polar surface area (TPSA) is 77.3 Å². The lowest BCUT2D eigenvalue weighted by Crippen LogP contribution is -2.49. The van der Waals surface area contributed by atoms with E-state index < -0.39 is 5.97 Å². The number of ether oxygens (including phenoxy) is 1. The number of thioether (sulfide) groups is 1. The van der Waals surface area contributed by atoms with Crippen LogP contribution >= 0.6 is 23.4 Å². The zero-order chi connectivity index (χ0) is 21.0. The van der Waals surface area contributed by atoms with Crippen molar-refractivity contribution >= 4 is 35.2 Å². The quantitative estimate of drug-likeness (QED) is 0.508. The van der Waals surface area contributed by atoms with Gasteiger partial charge in [-0.2, -0.15) is 0 Å². The molecular weight excluding hydrogens is 412 g/mol. The number of aromatic nitrogens is 3. The van der Waals surface area contributed by atoms with E-state index in [0.29, 0.717) is 10.2 Å². The molecule has 2 atom stereocenters. The van der Waals surface area contributed by atoms with Crippen LogP contribution in [0.25, 0.3) is 5.69 Å². The van der Waals surface area contributed by atoms with Crippen molar-refractivity contribution in [1.29, 1.82) is 0 Å². The maximum absolute atomic E-state index is 12.5. The predicted molar refractivity (Wildman–Crippen MR) is 112 cm³/mol. The SMILES string of the molecule is Cc1ccc(-n2cnnc2SCC(=O)OCC(=O)N2C(C)CCCC2C)cc1Cl. The summed E-state index contributed by atoms with van der Waals surface area (Å²) in [6, 6.07) is 6.00. The van der Waals surface area contributed by atoms with E-state index in [0.717, 1.165) is 30.5 Å². The van der Waals surface area contributed by atoms with Crippen molar-refractivity contribution in [2.45, 2.75) is 57.3 Å². The summed E-state index contributed by atoms with van der Waals surface area (Å²) in [7, 11) is 0. The Hall–Kier alpha value is -2.06. The Morgan fingerprint density at radius 1 is 1.28 bits per heavy atom. The van der Waals surface area contributed by atoms with Crippen LogP contribution in [0.4, 0.5) is 0 Å². The molecule has 1 fully saturated rings. The molecule has 1 saturated heterocycles. The van der Waals surface area contributed by atoms with Crippen molar-refractivity contribution in [2.24, 2.45) is 0 Å². The van der Waals surface area contributed by atoms with Gasteiger partial charge in [-0.25, -0.2) is 0 Å². The van der Waals surface area contributed by atoms with Gasteiger partial charge in [0.25, 0.3) is 5.91 Å². The van der Waals surface area contributed by atoms with Crippen molar-refractivity contribution in [3.05, 3.63) is 35.1 Å². The average Bonchev–Trinajstić information content (AvgIpc) is 3.15. The maximum Gasteiger partial charge on any atom is 0.316 e. The number of aryl methyl sites for hydroxylation is 1. The van der Waals surface area contributed by atoms with Crippen LogP contribution in [0.15, 0.2) is 29.7 Å². The third kappa shape index (κ3) is 5.30. The van der Waals surface area contributed by atoms with Crippen molar-refractivity contribution in [1.82, 2.24) is 19.7 Å². The molecule has 9 heteroatoms. The molecule has 29 heavy (non-hydrogen) atoms. The van der Waals surface area contributed by atoms with Crippen LogP contribution in [0.1, 0.15) is 38.7 Å². The maximum atomic E-state index is 12.5. The summed E-state index contributed by atoms with van der Waals surface area (Å²) in [5.74, 6) is -0.561. The van der Waals surface area contributed by atoms with Crippen molar-refractivity contribution < 1.29 is 14.3 Å². The summed E-state index contributed by atoms with van der Waals surface area (Å²) in [5, 5.41) is 9.16. The number of benzene rings is 1. The Morgan fingerprint density at radius 3 is 2.69 bits per heavy atom. The van der Waals surface area contributed by atoms with E-state index in [4.69, 9.17) is 16.3 Å². The standard InChI is InChI=1S/C20H25ClN4O3S/c1-13-7-8-16(9-17(13)21)24-12-22-23-20(24)29-11-19(27)28-10-18(26)25-14(2)5-4-6-15(25)3/h7-9,12,14-15H,4-6,10-11H2,1-3H3. The highest BCUT2D eigenvalue weighted by Crippen LogP contribution is 2.24. The molecule has 2 heterocycles. The summed E-state index contributed by atoms with van der Waals surface area (Å²) < 4.78 is 6.96. The largest absolute Gasteiger partial charge is 0.455 e. The molecule has 0 N–H and O–H groups in total. The van der Waals surface area contributed by atoms with Gasteiger partial charge >= 0.3 is 5.97 Å². The van der Waals surface area contributed by atoms with Crippen LogP contribution in [-0.2, 0) is 14.3 Å². The molecule has 3 rings (SSSR count). The molecule has 156 valence electrons. The summed E-state index contributed by atoms with van der Waals surface area (Å²) in [6.07, 6.45) is 4.66. The number of likely N-dealkylation sites (tertiary alicyclic amines) is 1. The van der Waals surface area contributed by atoms with Gasteiger partial charge in [-0.05, 0) is 57.7 Å². The first-order valence-electron chi connectivity index (χ1n) is 9.63. The van der Waals surface area contributed by atoms with Gasteiger partial charge in [0.05, 0.1) is 11.4 Å². The fourth-order valence-corrected chi connectivity index (χ4v) is 4.43. The summed E-state index contributed by atoms with van der Waals surface area (Å²) in [5.41, 5.74) is 1.79. The lowest BCUT2D eigenvalue weighted by Gasteiger charge is -2.38. The zero-order valence-electron chi connectivity index (χ0n) is 16.8. The molecule has 0 aliphatic carbocycles. The average molecular weight is 437 g/mol. The van der Waals surface area contributed by atoms with Gasteiger partial charge < -0.3 is 9.64 Å². The Kier molecular flexibility index (Phi) is 7.18. The summed E-state index contributed by atoms with van der Waals surface area (Å²) in [4.78, 5) is 26.4. The van der Waals surface area contributed by atoms with Crippen LogP contribution in [-0.4, -0.2) is 56.0 Å². The second-order valence-electron chi connectivity index (χ2n) is 7.30. The van der Waals surface area contributed by atoms with Crippen LogP contribution in [0.5, 0.6) is 0 Å². The molecule has 1 aromatic carbocycles. The number of nitrogens with zero attached hydrogens (tertiary/aromatic N) is 4. The number of esters is 1. The highest BCUT2D eigenvalue weighted by molar-refractivity contribution is 7.99. The van der Waals surface area contributed by atoms with Crippen LogP contribution in [0, 0.1) is 6.92 Å². The molecule has 7 nitrogen and oxygen atoms in total. The number of piperidine rings is 1. The number of carbonyl (C=O) groups is 2. The van der Waals surface area contributed by atoms with Crippen LogP contribution in [0.2, 0.25) is 5.02 Å². The predicted octanol–water partition coefficient (Wildman–Crippen LogP) is 3.65. The van der Waals surface area contributed by atoms with E-state index in [1.54, 1.807) is 10.9 Å². The van der Waals surface area contributed by atoms with Gasteiger partial charge in [-0.15, -0.1) is 10.2 Å². The number of carbonyl (C=O) groups excluding carboxylic acids is 2. The minimum Gasteiger partial charge on any atom is -0.455 e. The molecular formula is C20H25ClN4O3S. The first kappa shape index (κ1) is 21.6.